The average Bonchev–Trinajstić information content (AvgIpc) is 2.76. The molecule has 3 aliphatic rings. The van der Waals surface area contributed by atoms with E-state index in [2.05, 4.69) is 14.9 Å². The Morgan fingerprint density at radius 1 is 1.38 bits per heavy atom. The molecular formula is C11H18N4O. The summed E-state index contributed by atoms with van der Waals surface area (Å²) in [7, 11) is 1.88. The van der Waals surface area contributed by atoms with Gasteiger partial charge in [-0.3, -0.25) is 14.5 Å². The highest BCUT2D eigenvalue weighted by atomic mass is 16.3. The number of piperazine rings is 3. The van der Waals surface area contributed by atoms with Gasteiger partial charge < -0.3 is 5.11 Å². The van der Waals surface area contributed by atoms with Crippen LogP contribution < -0.4 is 0 Å². The van der Waals surface area contributed by atoms with Crippen molar-refractivity contribution in [1.29, 1.82) is 0 Å². The molecule has 16 heavy (non-hydrogen) atoms. The molecule has 4 heterocycles. The number of hydrogen-bond donors (Lipinski definition) is 1. The van der Waals surface area contributed by atoms with Crippen molar-refractivity contribution in [2.75, 3.05) is 32.7 Å². The molecule has 0 spiro atoms. The SMILES string of the molecule is Cn1ccc(C(O)C2CN3CCN2CC3)n1. The van der Waals surface area contributed by atoms with E-state index in [1.807, 2.05) is 19.3 Å². The first-order valence-electron chi connectivity index (χ1n) is 5.88. The summed E-state index contributed by atoms with van der Waals surface area (Å²) < 4.78 is 1.75. The molecule has 0 radical (unpaired) electrons. The molecule has 0 saturated carbocycles. The van der Waals surface area contributed by atoms with Gasteiger partial charge in [-0.2, -0.15) is 5.10 Å². The zero-order valence-corrected chi connectivity index (χ0v) is 9.58. The molecule has 2 bridgehead atoms. The van der Waals surface area contributed by atoms with Gasteiger partial charge in [0, 0.05) is 46.0 Å². The minimum Gasteiger partial charge on any atom is -0.385 e. The number of nitrogens with zero attached hydrogens (tertiary/aromatic N) is 4. The number of hydrogen-bond acceptors (Lipinski definition) is 4. The standard InChI is InChI=1S/C11H18N4O/c1-13-3-2-9(12-13)11(16)10-8-14-4-6-15(10)7-5-14/h2-3,10-11,16H,4-8H2,1H3. The third-order valence-electron chi connectivity index (χ3n) is 3.72. The molecule has 5 heteroatoms. The lowest BCUT2D eigenvalue weighted by molar-refractivity contribution is -0.0484. The molecule has 2 unspecified atom stereocenters. The van der Waals surface area contributed by atoms with Gasteiger partial charge in [0.25, 0.3) is 0 Å². The normalized spacial score (nSPS) is 35.2. The Morgan fingerprint density at radius 3 is 2.62 bits per heavy atom. The summed E-state index contributed by atoms with van der Waals surface area (Å²) in [5.41, 5.74) is 0.793. The van der Waals surface area contributed by atoms with Crippen LogP contribution in [0.15, 0.2) is 12.3 Å². The number of fused-ring (bicyclic) bond motifs is 3. The van der Waals surface area contributed by atoms with Crippen molar-refractivity contribution in [2.24, 2.45) is 7.05 Å². The summed E-state index contributed by atoms with van der Waals surface area (Å²) in [6.07, 6.45) is 1.43. The molecule has 0 aliphatic carbocycles. The second-order valence-electron chi connectivity index (χ2n) is 4.76. The molecule has 0 aromatic carbocycles. The maximum atomic E-state index is 10.3. The molecule has 3 saturated heterocycles. The van der Waals surface area contributed by atoms with E-state index in [4.69, 9.17) is 0 Å². The Bertz CT molecular complexity index is 370. The number of rotatable bonds is 2. The smallest absolute Gasteiger partial charge is 0.114 e. The monoisotopic (exact) mass is 222 g/mol. The van der Waals surface area contributed by atoms with Crippen molar-refractivity contribution in [3.8, 4) is 0 Å². The van der Waals surface area contributed by atoms with E-state index >= 15 is 0 Å². The summed E-state index contributed by atoms with van der Waals surface area (Å²) >= 11 is 0. The predicted molar refractivity (Wildman–Crippen MR) is 60.0 cm³/mol. The lowest BCUT2D eigenvalue weighted by Crippen LogP contribution is -2.62. The van der Waals surface area contributed by atoms with Crippen LogP contribution in [0.25, 0.3) is 0 Å². The van der Waals surface area contributed by atoms with E-state index < -0.39 is 6.10 Å². The van der Waals surface area contributed by atoms with Gasteiger partial charge in [-0.25, -0.2) is 0 Å². The molecule has 88 valence electrons. The van der Waals surface area contributed by atoms with Crippen LogP contribution in [0.2, 0.25) is 0 Å². The highest BCUT2D eigenvalue weighted by Crippen LogP contribution is 2.25. The molecule has 1 aromatic rings. The van der Waals surface area contributed by atoms with E-state index in [-0.39, 0.29) is 6.04 Å². The van der Waals surface area contributed by atoms with Gasteiger partial charge in [0.15, 0.2) is 0 Å². The molecule has 2 atom stereocenters. The minimum absolute atomic E-state index is 0.220. The van der Waals surface area contributed by atoms with Gasteiger partial charge in [-0.1, -0.05) is 0 Å². The van der Waals surface area contributed by atoms with Crippen LogP contribution in [0.3, 0.4) is 0 Å². The predicted octanol–water partition coefficient (Wildman–Crippen LogP) is -0.547. The van der Waals surface area contributed by atoms with Gasteiger partial charge >= 0.3 is 0 Å². The summed E-state index contributed by atoms with van der Waals surface area (Å²) in [4.78, 5) is 4.82. The summed E-state index contributed by atoms with van der Waals surface area (Å²) in [5, 5.41) is 14.6. The fourth-order valence-corrected chi connectivity index (χ4v) is 2.75. The summed E-state index contributed by atoms with van der Waals surface area (Å²) in [6, 6.07) is 2.13. The molecule has 0 amide bonds. The van der Waals surface area contributed by atoms with E-state index in [0.29, 0.717) is 0 Å². The van der Waals surface area contributed by atoms with Crippen LogP contribution in [0, 0.1) is 0 Å². The van der Waals surface area contributed by atoms with Gasteiger partial charge in [0.05, 0.1) is 11.7 Å². The van der Waals surface area contributed by atoms with Gasteiger partial charge in [-0.05, 0) is 6.07 Å². The molecule has 1 aromatic heterocycles. The van der Waals surface area contributed by atoms with Crippen molar-refractivity contribution in [3.05, 3.63) is 18.0 Å². The Balaban J connectivity index is 1.77. The van der Waals surface area contributed by atoms with Crippen LogP contribution in [-0.2, 0) is 7.05 Å². The van der Waals surface area contributed by atoms with Crippen LogP contribution in [0.1, 0.15) is 11.8 Å². The Labute approximate surface area is 95.3 Å². The van der Waals surface area contributed by atoms with Crippen molar-refractivity contribution >= 4 is 0 Å². The Morgan fingerprint density at radius 2 is 2.12 bits per heavy atom. The minimum atomic E-state index is -0.454. The molecule has 3 fully saturated rings. The lowest BCUT2D eigenvalue weighted by Gasteiger charge is -2.48. The fourth-order valence-electron chi connectivity index (χ4n) is 2.75. The van der Waals surface area contributed by atoms with Crippen molar-refractivity contribution < 1.29 is 5.11 Å². The number of aliphatic hydroxyl groups is 1. The second-order valence-corrected chi connectivity index (χ2v) is 4.76. The number of aliphatic hydroxyl groups excluding tert-OH is 1. The first kappa shape index (κ1) is 10.3. The quantitative estimate of drug-likeness (QED) is 0.729. The van der Waals surface area contributed by atoms with Crippen LogP contribution in [0.4, 0.5) is 0 Å². The third kappa shape index (κ3) is 1.65. The first-order chi connectivity index (χ1) is 7.74. The van der Waals surface area contributed by atoms with E-state index in [9.17, 15) is 5.11 Å². The molecule has 5 nitrogen and oxygen atoms in total. The van der Waals surface area contributed by atoms with Gasteiger partial charge in [0.2, 0.25) is 0 Å². The highest BCUT2D eigenvalue weighted by Gasteiger charge is 2.37. The Kier molecular flexibility index (Phi) is 2.46. The van der Waals surface area contributed by atoms with Crippen molar-refractivity contribution in [1.82, 2.24) is 19.6 Å². The number of aromatic nitrogens is 2. The van der Waals surface area contributed by atoms with Crippen LogP contribution in [0.5, 0.6) is 0 Å². The van der Waals surface area contributed by atoms with E-state index in [1.54, 1.807) is 4.68 Å². The van der Waals surface area contributed by atoms with Gasteiger partial charge in [0.1, 0.15) is 6.10 Å². The van der Waals surface area contributed by atoms with Crippen LogP contribution >= 0.6 is 0 Å². The van der Waals surface area contributed by atoms with Crippen molar-refractivity contribution in [3.63, 3.8) is 0 Å². The second kappa shape index (κ2) is 3.84. The maximum Gasteiger partial charge on any atom is 0.114 e. The van der Waals surface area contributed by atoms with Crippen molar-refractivity contribution in [2.45, 2.75) is 12.1 Å². The largest absolute Gasteiger partial charge is 0.385 e. The van der Waals surface area contributed by atoms with E-state index in [0.717, 1.165) is 38.4 Å². The third-order valence-corrected chi connectivity index (χ3v) is 3.72. The molecular weight excluding hydrogens is 204 g/mol. The van der Waals surface area contributed by atoms with E-state index in [1.165, 1.54) is 0 Å². The summed E-state index contributed by atoms with van der Waals surface area (Å²) in [5.74, 6) is 0. The Hall–Kier alpha value is -0.910. The average molecular weight is 222 g/mol. The maximum absolute atomic E-state index is 10.3. The molecule has 1 N–H and O–H groups in total. The molecule has 3 aliphatic heterocycles. The number of aryl methyl sites for hydroxylation is 1. The summed E-state index contributed by atoms with van der Waals surface area (Å²) in [6.45, 7) is 5.41. The topological polar surface area (TPSA) is 44.5 Å². The van der Waals surface area contributed by atoms with Gasteiger partial charge in [-0.15, -0.1) is 0 Å². The fraction of sp³-hybridized carbons (Fsp3) is 0.727. The van der Waals surface area contributed by atoms with Crippen LogP contribution in [-0.4, -0.2) is 63.5 Å². The zero-order chi connectivity index (χ0) is 11.1. The molecule has 4 rings (SSSR count). The zero-order valence-electron chi connectivity index (χ0n) is 9.58. The first-order valence-corrected chi connectivity index (χ1v) is 5.88. The lowest BCUT2D eigenvalue weighted by atomic mass is 10.0. The highest BCUT2D eigenvalue weighted by molar-refractivity contribution is 5.08.